The summed E-state index contributed by atoms with van der Waals surface area (Å²) in [6.07, 6.45) is 0. The molecule has 254 valence electrons. The number of fused-ring (bicyclic) bond motifs is 7. The number of hydrogen-bond acceptors (Lipinski definition) is 2. The number of hydrogen-bond donors (Lipinski definition) is 0. The van der Waals surface area contributed by atoms with E-state index in [0.717, 1.165) is 56.2 Å². The lowest BCUT2D eigenvalue weighted by Gasteiger charge is -2.26. The third kappa shape index (κ3) is 5.71. The molecule has 10 rings (SSSR count). The average molecular weight is 690 g/mol. The van der Waals surface area contributed by atoms with Gasteiger partial charge in [0.15, 0.2) is 0 Å². The first kappa shape index (κ1) is 31.6. The van der Waals surface area contributed by atoms with Crippen molar-refractivity contribution in [1.29, 1.82) is 0 Å². The van der Waals surface area contributed by atoms with Gasteiger partial charge < -0.3 is 9.64 Å². The summed E-state index contributed by atoms with van der Waals surface area (Å²) in [4.78, 5) is 2.33. The van der Waals surface area contributed by atoms with E-state index in [9.17, 15) is 0 Å². The highest BCUT2D eigenvalue weighted by Gasteiger charge is 2.23. The van der Waals surface area contributed by atoms with Gasteiger partial charge in [0.2, 0.25) is 0 Å². The van der Waals surface area contributed by atoms with Crippen LogP contribution in [0.15, 0.2) is 212 Å². The Balaban J connectivity index is 1.04. The Bertz CT molecular complexity index is 2670. The van der Waals surface area contributed by atoms with Gasteiger partial charge in [-0.25, -0.2) is 0 Å². The van der Waals surface area contributed by atoms with Crippen LogP contribution < -0.4 is 9.64 Å². The normalized spacial score (nSPS) is 11.5. The molecule has 0 atom stereocenters. The van der Waals surface area contributed by atoms with Crippen molar-refractivity contribution in [1.82, 2.24) is 0 Å². The molecule has 0 radical (unpaired) electrons. The zero-order valence-electron chi connectivity index (χ0n) is 29.6. The SMILES string of the molecule is c1ccc(-c2ccc(N(c3ccc(-c4ccccc4)cc3)c3ccc(-c4ccc5c(c4)-c4ccccc4Oc4c-5ccc5ccccc45)cc3)cc2)cc1. The van der Waals surface area contributed by atoms with Crippen LogP contribution in [0.3, 0.4) is 0 Å². The molecule has 1 aliphatic heterocycles. The molecule has 2 heteroatoms. The monoisotopic (exact) mass is 689 g/mol. The van der Waals surface area contributed by atoms with E-state index >= 15 is 0 Å². The summed E-state index contributed by atoms with van der Waals surface area (Å²) in [5.74, 6) is 1.78. The van der Waals surface area contributed by atoms with E-state index in [1.54, 1.807) is 0 Å². The van der Waals surface area contributed by atoms with Gasteiger partial charge in [0.05, 0.1) is 0 Å². The Morgan fingerprint density at radius 1 is 0.296 bits per heavy atom. The van der Waals surface area contributed by atoms with Gasteiger partial charge in [-0.15, -0.1) is 0 Å². The zero-order chi connectivity index (χ0) is 35.8. The lowest BCUT2D eigenvalue weighted by Crippen LogP contribution is -2.09. The van der Waals surface area contributed by atoms with Gasteiger partial charge in [0.1, 0.15) is 11.5 Å². The molecule has 0 unspecified atom stereocenters. The van der Waals surface area contributed by atoms with E-state index < -0.39 is 0 Å². The maximum Gasteiger partial charge on any atom is 0.143 e. The van der Waals surface area contributed by atoms with Crippen LogP contribution in [0.25, 0.3) is 66.4 Å². The van der Waals surface area contributed by atoms with E-state index in [4.69, 9.17) is 4.74 Å². The van der Waals surface area contributed by atoms with Gasteiger partial charge in [0.25, 0.3) is 0 Å². The molecule has 1 aliphatic rings. The highest BCUT2D eigenvalue weighted by atomic mass is 16.5. The van der Waals surface area contributed by atoms with Crippen LogP contribution in [0.1, 0.15) is 0 Å². The van der Waals surface area contributed by atoms with Crippen molar-refractivity contribution < 1.29 is 4.74 Å². The smallest absolute Gasteiger partial charge is 0.143 e. The summed E-state index contributed by atoms with van der Waals surface area (Å²) < 4.78 is 6.73. The van der Waals surface area contributed by atoms with Crippen LogP contribution in [-0.2, 0) is 0 Å². The number of anilines is 3. The first-order chi connectivity index (χ1) is 26.8. The van der Waals surface area contributed by atoms with Gasteiger partial charge in [-0.05, 0) is 104 Å². The summed E-state index contributed by atoms with van der Waals surface area (Å²) in [5, 5.41) is 2.29. The molecule has 0 fully saturated rings. The van der Waals surface area contributed by atoms with Crippen molar-refractivity contribution in [3.63, 3.8) is 0 Å². The van der Waals surface area contributed by atoms with Crippen molar-refractivity contribution in [3.05, 3.63) is 212 Å². The number of nitrogens with zero attached hydrogens (tertiary/aromatic N) is 1. The minimum absolute atomic E-state index is 0.869. The Labute approximate surface area is 315 Å². The largest absolute Gasteiger partial charge is 0.455 e. The average Bonchev–Trinajstić information content (AvgIpc) is 3.39. The maximum absolute atomic E-state index is 6.73. The lowest BCUT2D eigenvalue weighted by atomic mass is 9.90. The first-order valence-corrected chi connectivity index (χ1v) is 18.4. The van der Waals surface area contributed by atoms with Crippen LogP contribution in [0.4, 0.5) is 17.1 Å². The molecule has 0 spiro atoms. The topological polar surface area (TPSA) is 12.5 Å². The quantitative estimate of drug-likeness (QED) is 0.172. The van der Waals surface area contributed by atoms with Crippen molar-refractivity contribution in [2.24, 2.45) is 0 Å². The Morgan fingerprint density at radius 3 is 1.37 bits per heavy atom. The second kappa shape index (κ2) is 13.4. The summed E-state index contributed by atoms with van der Waals surface area (Å²) in [7, 11) is 0. The van der Waals surface area contributed by atoms with E-state index in [1.165, 1.54) is 38.8 Å². The fraction of sp³-hybridized carbons (Fsp3) is 0. The number of benzene rings is 9. The van der Waals surface area contributed by atoms with Gasteiger partial charge in [-0.2, -0.15) is 0 Å². The molecule has 0 amide bonds. The molecule has 0 bridgehead atoms. The summed E-state index contributed by atoms with van der Waals surface area (Å²) in [6.45, 7) is 0. The van der Waals surface area contributed by atoms with Crippen LogP contribution in [-0.4, -0.2) is 0 Å². The van der Waals surface area contributed by atoms with Crippen molar-refractivity contribution in [3.8, 4) is 67.1 Å². The first-order valence-electron chi connectivity index (χ1n) is 18.4. The van der Waals surface area contributed by atoms with Crippen molar-refractivity contribution in [2.45, 2.75) is 0 Å². The van der Waals surface area contributed by atoms with Gasteiger partial charge in [-0.3, -0.25) is 0 Å². The van der Waals surface area contributed by atoms with Crippen LogP contribution in [0.2, 0.25) is 0 Å². The van der Waals surface area contributed by atoms with Crippen LogP contribution in [0.5, 0.6) is 11.5 Å². The van der Waals surface area contributed by atoms with Gasteiger partial charge >= 0.3 is 0 Å². The second-order valence-corrected chi connectivity index (χ2v) is 13.7. The Hall–Kier alpha value is -7.16. The Morgan fingerprint density at radius 2 is 0.759 bits per heavy atom. The van der Waals surface area contributed by atoms with E-state index in [0.29, 0.717) is 0 Å². The summed E-state index contributed by atoms with van der Waals surface area (Å²) >= 11 is 0. The van der Waals surface area contributed by atoms with Crippen molar-refractivity contribution in [2.75, 3.05) is 4.90 Å². The molecule has 9 aromatic rings. The molecule has 1 heterocycles. The van der Waals surface area contributed by atoms with Crippen LogP contribution in [0, 0.1) is 0 Å². The summed E-state index contributed by atoms with van der Waals surface area (Å²) in [5.41, 5.74) is 14.9. The molecular weight excluding hydrogens is 655 g/mol. The molecule has 0 saturated heterocycles. The molecule has 0 N–H and O–H groups in total. The second-order valence-electron chi connectivity index (χ2n) is 13.7. The molecule has 2 nitrogen and oxygen atoms in total. The number of para-hydroxylation sites is 1. The molecular formula is C52H35NO. The molecule has 0 aliphatic carbocycles. The minimum atomic E-state index is 0.869. The highest BCUT2D eigenvalue weighted by molar-refractivity contribution is 6.01. The predicted molar refractivity (Wildman–Crippen MR) is 226 cm³/mol. The summed E-state index contributed by atoms with van der Waals surface area (Å²) in [6, 6.07) is 75.8. The predicted octanol–water partition coefficient (Wildman–Crippen LogP) is 14.8. The lowest BCUT2D eigenvalue weighted by molar-refractivity contribution is 0.493. The van der Waals surface area contributed by atoms with Gasteiger partial charge in [-0.1, -0.05) is 158 Å². The fourth-order valence-electron chi connectivity index (χ4n) is 7.75. The standard InChI is InChI=1S/C52H35NO/c1-3-11-36(12-4-1)38-19-27-43(28-20-38)53(44-29-21-39(22-30-44)37-13-5-2-6-14-37)45-31-23-40(24-32-45)42-26-33-47-49-34-25-41-15-7-8-16-46(41)52(49)54-51-18-10-9-17-48(51)50(47)35-42/h1-35H. The molecule has 54 heavy (non-hydrogen) atoms. The fourth-order valence-corrected chi connectivity index (χ4v) is 7.75. The number of ether oxygens (including phenoxy) is 1. The minimum Gasteiger partial charge on any atom is -0.455 e. The zero-order valence-corrected chi connectivity index (χ0v) is 29.6. The van der Waals surface area contributed by atoms with E-state index in [2.05, 4.69) is 211 Å². The maximum atomic E-state index is 6.73. The molecule has 0 aromatic heterocycles. The van der Waals surface area contributed by atoms with Crippen LogP contribution >= 0.6 is 0 Å². The van der Waals surface area contributed by atoms with E-state index in [-0.39, 0.29) is 0 Å². The Kier molecular flexibility index (Phi) is 7.85. The number of rotatable bonds is 6. The van der Waals surface area contributed by atoms with Gasteiger partial charge in [0, 0.05) is 33.6 Å². The van der Waals surface area contributed by atoms with E-state index in [1.807, 2.05) is 6.07 Å². The third-order valence-electron chi connectivity index (χ3n) is 10.5. The molecule has 0 saturated carbocycles. The third-order valence-corrected chi connectivity index (χ3v) is 10.5. The van der Waals surface area contributed by atoms with Crippen molar-refractivity contribution >= 4 is 27.8 Å². The molecule has 9 aromatic carbocycles. The highest BCUT2D eigenvalue weighted by Crippen LogP contribution is 2.50.